The molecule has 1 aliphatic rings. The Kier molecular flexibility index (Phi) is 7.35. The lowest BCUT2D eigenvalue weighted by Gasteiger charge is -2.16. The van der Waals surface area contributed by atoms with Gasteiger partial charge in [0.15, 0.2) is 0 Å². The number of hydrogen-bond donors (Lipinski definition) is 2. The minimum atomic E-state index is -0.0369. The van der Waals surface area contributed by atoms with E-state index in [1.165, 1.54) is 6.33 Å². The van der Waals surface area contributed by atoms with Crippen molar-refractivity contribution in [2.24, 2.45) is 0 Å². The lowest BCUT2D eigenvalue weighted by molar-refractivity contribution is 0.138. The van der Waals surface area contributed by atoms with Gasteiger partial charge in [0.1, 0.15) is 29.1 Å². The lowest BCUT2D eigenvalue weighted by Crippen LogP contribution is -2.17. The fourth-order valence-corrected chi connectivity index (χ4v) is 3.15. The molecule has 7 nitrogen and oxygen atoms in total. The summed E-state index contributed by atoms with van der Waals surface area (Å²) in [7, 11) is 0. The number of halogens is 1. The Morgan fingerprint density at radius 3 is 2.79 bits per heavy atom. The largest absolute Gasteiger partial charge is 0.470 e. The number of aryl methyl sites for hydroxylation is 1. The fourth-order valence-electron chi connectivity index (χ4n) is 3.01. The van der Waals surface area contributed by atoms with Crippen LogP contribution >= 0.6 is 23.4 Å². The number of fused-ring (bicyclic) bond motifs is 1. The zero-order valence-electron chi connectivity index (χ0n) is 16.6. The van der Waals surface area contributed by atoms with E-state index in [4.69, 9.17) is 26.8 Å². The molecule has 0 aliphatic carbocycles. The number of nitrogen functional groups attached to an aromatic ring is 1. The smallest absolute Gasteiger partial charge is 0.239 e. The highest BCUT2D eigenvalue weighted by molar-refractivity contribution is 7.97. The van der Waals surface area contributed by atoms with Crippen molar-refractivity contribution in [2.75, 3.05) is 36.8 Å². The Hall–Kier alpha value is -2.29. The molecule has 4 rings (SSSR count). The van der Waals surface area contributed by atoms with Crippen LogP contribution < -0.4 is 15.8 Å². The number of nitrogens with one attached hydrogen (secondary N) is 1. The normalized spacial score (nSPS) is 15.7. The number of nitrogens with zero attached hydrogens (tertiary/aromatic N) is 3. The minimum absolute atomic E-state index is 0.0369. The van der Waals surface area contributed by atoms with Gasteiger partial charge in [0.25, 0.3) is 0 Å². The summed E-state index contributed by atoms with van der Waals surface area (Å²) in [6.07, 6.45) is 6.37. The first-order valence-electron chi connectivity index (χ1n) is 9.10. The first-order chi connectivity index (χ1) is 14.0. The van der Waals surface area contributed by atoms with Crippen LogP contribution in [0.3, 0.4) is 0 Å². The van der Waals surface area contributed by atoms with Crippen LogP contribution in [0.5, 0.6) is 5.88 Å². The topological polar surface area (TPSA) is 95.2 Å². The van der Waals surface area contributed by atoms with Crippen molar-refractivity contribution in [3.63, 3.8) is 0 Å². The van der Waals surface area contributed by atoms with Crippen molar-refractivity contribution < 1.29 is 9.47 Å². The van der Waals surface area contributed by atoms with Gasteiger partial charge in [0, 0.05) is 17.5 Å². The second kappa shape index (κ2) is 9.96. The molecule has 9 heteroatoms. The molecule has 0 amide bonds. The Bertz CT molecular complexity index is 982. The Labute approximate surface area is 179 Å². The first kappa shape index (κ1) is 21.4. The molecule has 154 valence electrons. The van der Waals surface area contributed by atoms with E-state index in [0.717, 1.165) is 22.9 Å². The zero-order valence-corrected chi connectivity index (χ0v) is 18.2. The molecule has 0 radical (unpaired) electrons. The molecule has 0 spiro atoms. The molecule has 0 saturated carbocycles. The fraction of sp³-hybridized carbons (Fsp3) is 0.350. The average Bonchev–Trinajstić information content (AvgIpc) is 3.17. The van der Waals surface area contributed by atoms with Crippen LogP contribution in [0.1, 0.15) is 12.0 Å². The Morgan fingerprint density at radius 1 is 1.28 bits per heavy atom. The van der Waals surface area contributed by atoms with Crippen LogP contribution in [0.25, 0.3) is 10.9 Å². The maximum atomic E-state index is 6.05. The Balaban J connectivity index is 0.000000755. The maximum absolute atomic E-state index is 6.05. The van der Waals surface area contributed by atoms with Crippen LogP contribution in [0, 0.1) is 6.92 Å². The van der Waals surface area contributed by atoms with Crippen molar-refractivity contribution in [3.05, 3.63) is 41.3 Å². The molecular formula is C20H24ClN5O2S. The number of pyridine rings is 1. The Morgan fingerprint density at radius 2 is 2.07 bits per heavy atom. The van der Waals surface area contributed by atoms with Gasteiger partial charge < -0.3 is 20.5 Å². The van der Waals surface area contributed by atoms with Gasteiger partial charge in [-0.1, -0.05) is 11.6 Å². The van der Waals surface area contributed by atoms with Gasteiger partial charge in [-0.3, -0.25) is 0 Å². The van der Waals surface area contributed by atoms with Crippen molar-refractivity contribution in [1.29, 1.82) is 0 Å². The van der Waals surface area contributed by atoms with Crippen molar-refractivity contribution in [2.45, 2.75) is 19.4 Å². The van der Waals surface area contributed by atoms with E-state index >= 15 is 0 Å². The predicted molar refractivity (Wildman–Crippen MR) is 121 cm³/mol. The monoisotopic (exact) mass is 433 g/mol. The molecule has 1 unspecified atom stereocenters. The second-order valence-electron chi connectivity index (χ2n) is 6.58. The van der Waals surface area contributed by atoms with Crippen LogP contribution in [-0.4, -0.2) is 46.8 Å². The van der Waals surface area contributed by atoms with Crippen molar-refractivity contribution in [1.82, 2.24) is 15.0 Å². The number of rotatable bonds is 4. The van der Waals surface area contributed by atoms with Gasteiger partial charge in [-0.05, 0) is 49.3 Å². The third-order valence-corrected chi connectivity index (χ3v) is 4.41. The number of nitrogens with two attached hydrogens (primary N) is 1. The van der Waals surface area contributed by atoms with Gasteiger partial charge in [-0.25, -0.2) is 9.97 Å². The van der Waals surface area contributed by atoms with Crippen molar-refractivity contribution >= 4 is 51.5 Å². The SMILES string of the molecule is CSC.Cc1cc(N)cc2ncnc(Nc3ccc(Cl)nc3OC3CCOC3)c12. The molecule has 1 saturated heterocycles. The average molecular weight is 434 g/mol. The molecule has 2 aromatic heterocycles. The van der Waals surface area contributed by atoms with E-state index in [-0.39, 0.29) is 6.10 Å². The van der Waals surface area contributed by atoms with E-state index in [0.29, 0.717) is 41.4 Å². The van der Waals surface area contributed by atoms with Crippen molar-refractivity contribution in [3.8, 4) is 5.88 Å². The summed E-state index contributed by atoms with van der Waals surface area (Å²) in [5, 5.41) is 4.56. The summed E-state index contributed by atoms with van der Waals surface area (Å²) in [6, 6.07) is 7.24. The third kappa shape index (κ3) is 5.41. The standard InChI is InChI=1S/C18H18ClN5O2.C2H6S/c1-10-6-11(20)7-14-16(10)17(22-9-21-14)23-13-2-3-15(19)24-18(13)26-12-4-5-25-8-12;1-3-2/h2-3,6-7,9,12H,4-5,8,20H2,1H3,(H,21,22,23);1-2H3. The van der Waals surface area contributed by atoms with Crippen LogP contribution in [0.2, 0.25) is 5.15 Å². The predicted octanol–water partition coefficient (Wildman–Crippen LogP) is 4.46. The van der Waals surface area contributed by atoms with E-state index in [1.807, 2.05) is 37.6 Å². The number of benzene rings is 1. The number of ether oxygens (including phenoxy) is 2. The van der Waals surface area contributed by atoms with Gasteiger partial charge in [-0.2, -0.15) is 16.7 Å². The molecular weight excluding hydrogens is 410 g/mol. The van der Waals surface area contributed by atoms with Gasteiger partial charge >= 0.3 is 0 Å². The van der Waals surface area contributed by atoms with Crippen LogP contribution in [-0.2, 0) is 4.74 Å². The number of hydrogen-bond acceptors (Lipinski definition) is 8. The highest BCUT2D eigenvalue weighted by atomic mass is 35.5. The molecule has 29 heavy (non-hydrogen) atoms. The number of thioether (sulfide) groups is 1. The van der Waals surface area contributed by atoms with Gasteiger partial charge in [-0.15, -0.1) is 0 Å². The summed E-state index contributed by atoms with van der Waals surface area (Å²) in [5.74, 6) is 1.08. The third-order valence-electron chi connectivity index (χ3n) is 4.20. The van der Waals surface area contributed by atoms with E-state index in [1.54, 1.807) is 17.8 Å². The van der Waals surface area contributed by atoms with Gasteiger partial charge in [0.2, 0.25) is 5.88 Å². The molecule has 1 atom stereocenters. The zero-order chi connectivity index (χ0) is 20.8. The quantitative estimate of drug-likeness (QED) is 0.460. The highest BCUT2D eigenvalue weighted by Crippen LogP contribution is 2.32. The molecule has 3 N–H and O–H groups in total. The van der Waals surface area contributed by atoms with Crippen LogP contribution in [0.15, 0.2) is 30.6 Å². The summed E-state index contributed by atoms with van der Waals surface area (Å²) < 4.78 is 11.3. The molecule has 1 aromatic carbocycles. The molecule has 3 aromatic rings. The first-order valence-corrected chi connectivity index (χ1v) is 11.1. The maximum Gasteiger partial charge on any atom is 0.239 e. The lowest BCUT2D eigenvalue weighted by atomic mass is 10.1. The molecule has 1 fully saturated rings. The summed E-state index contributed by atoms with van der Waals surface area (Å²) in [5.41, 5.74) is 9.02. The number of aromatic nitrogens is 3. The van der Waals surface area contributed by atoms with Crippen LogP contribution in [0.4, 0.5) is 17.2 Å². The summed E-state index contributed by atoms with van der Waals surface area (Å²) in [6.45, 7) is 3.20. The highest BCUT2D eigenvalue weighted by Gasteiger charge is 2.20. The number of anilines is 3. The van der Waals surface area contributed by atoms with E-state index in [2.05, 4.69) is 20.3 Å². The summed E-state index contributed by atoms with van der Waals surface area (Å²) >= 11 is 7.80. The molecule has 3 heterocycles. The van der Waals surface area contributed by atoms with E-state index in [9.17, 15) is 0 Å². The summed E-state index contributed by atoms with van der Waals surface area (Å²) in [4.78, 5) is 13.0. The van der Waals surface area contributed by atoms with E-state index < -0.39 is 0 Å². The second-order valence-corrected chi connectivity index (χ2v) is 7.78. The van der Waals surface area contributed by atoms with Gasteiger partial charge in [0.05, 0.1) is 18.7 Å². The molecule has 0 bridgehead atoms. The minimum Gasteiger partial charge on any atom is -0.470 e. The molecule has 1 aliphatic heterocycles.